The van der Waals surface area contributed by atoms with Gasteiger partial charge in [-0.1, -0.05) is 86.0 Å². The minimum atomic E-state index is -0.693. The number of rotatable bonds is 13. The highest BCUT2D eigenvalue weighted by molar-refractivity contribution is 5.67. The predicted octanol–water partition coefficient (Wildman–Crippen LogP) is 6.53. The Hall–Kier alpha value is -1.06. The summed E-state index contributed by atoms with van der Waals surface area (Å²) in [5.41, 5.74) is 0.245. The van der Waals surface area contributed by atoms with Gasteiger partial charge in [-0.2, -0.15) is 0 Å². The molecule has 0 amide bonds. The van der Waals surface area contributed by atoms with Crippen molar-refractivity contribution < 1.29 is 19.8 Å². The maximum atomic E-state index is 10.3. The molecule has 150 valence electrons. The van der Waals surface area contributed by atoms with Gasteiger partial charge in [-0.05, 0) is 24.2 Å². The Bertz CT molecular complexity index is 331. The standard InChI is InChI=1S/C12H24O2.C9H18O2/c1-2-3-4-5-6-7-8-9-10-11-12(13)14;1-7(5-8(10)11)6-9(2,3)4/h2-11H2,1H3,(H,13,14);7H,5-6H2,1-4H3,(H,10,11). The summed E-state index contributed by atoms with van der Waals surface area (Å²) in [5, 5.41) is 16.9. The molecule has 0 aromatic heterocycles. The van der Waals surface area contributed by atoms with Crippen LogP contribution in [0.5, 0.6) is 0 Å². The molecule has 0 aromatic carbocycles. The van der Waals surface area contributed by atoms with E-state index in [1.807, 2.05) is 6.92 Å². The van der Waals surface area contributed by atoms with Gasteiger partial charge in [0.2, 0.25) is 0 Å². The summed E-state index contributed by atoms with van der Waals surface area (Å²) in [5.74, 6) is -1.07. The van der Waals surface area contributed by atoms with Crippen LogP contribution < -0.4 is 0 Å². The molecule has 0 saturated carbocycles. The molecule has 0 saturated heterocycles. The fraction of sp³-hybridized carbons (Fsp3) is 0.905. The molecule has 0 fully saturated rings. The first-order chi connectivity index (χ1) is 11.6. The lowest BCUT2D eigenvalue weighted by atomic mass is 9.84. The second kappa shape index (κ2) is 16.4. The molecule has 0 aliphatic carbocycles. The number of hydrogen-bond acceptors (Lipinski definition) is 2. The maximum Gasteiger partial charge on any atom is 0.303 e. The van der Waals surface area contributed by atoms with E-state index in [0.717, 1.165) is 19.3 Å². The van der Waals surface area contributed by atoms with E-state index in [0.29, 0.717) is 6.42 Å². The van der Waals surface area contributed by atoms with Gasteiger partial charge < -0.3 is 10.2 Å². The zero-order valence-electron chi connectivity index (χ0n) is 17.3. The van der Waals surface area contributed by atoms with E-state index in [1.54, 1.807) is 0 Å². The summed E-state index contributed by atoms with van der Waals surface area (Å²) in [6.07, 6.45) is 12.7. The molecule has 0 spiro atoms. The summed E-state index contributed by atoms with van der Waals surface area (Å²) >= 11 is 0. The topological polar surface area (TPSA) is 74.6 Å². The van der Waals surface area contributed by atoms with Crippen LogP contribution >= 0.6 is 0 Å². The molecule has 0 aliphatic heterocycles. The number of aliphatic carboxylic acids is 2. The summed E-state index contributed by atoms with van der Waals surface area (Å²) < 4.78 is 0. The second-order valence-corrected chi connectivity index (χ2v) is 8.44. The quantitative estimate of drug-likeness (QED) is 0.367. The van der Waals surface area contributed by atoms with Crippen molar-refractivity contribution >= 4 is 11.9 Å². The van der Waals surface area contributed by atoms with Gasteiger partial charge in [0, 0.05) is 12.8 Å². The van der Waals surface area contributed by atoms with E-state index >= 15 is 0 Å². The molecule has 0 heterocycles. The molecule has 4 heteroatoms. The fourth-order valence-electron chi connectivity index (χ4n) is 3.00. The van der Waals surface area contributed by atoms with Crippen LogP contribution in [0.1, 0.15) is 112 Å². The van der Waals surface area contributed by atoms with Crippen molar-refractivity contribution in [3.63, 3.8) is 0 Å². The zero-order chi connectivity index (χ0) is 19.7. The SMILES string of the molecule is CC(CC(=O)O)CC(C)(C)C.CCCCCCCCCCCC(=O)O. The summed E-state index contributed by atoms with van der Waals surface area (Å²) in [6.45, 7) is 10.6. The number of carboxylic acids is 2. The highest BCUT2D eigenvalue weighted by Crippen LogP contribution is 2.25. The van der Waals surface area contributed by atoms with Crippen LogP contribution in [0.3, 0.4) is 0 Å². The minimum absolute atomic E-state index is 0.245. The monoisotopic (exact) mass is 358 g/mol. The van der Waals surface area contributed by atoms with E-state index in [-0.39, 0.29) is 17.8 Å². The van der Waals surface area contributed by atoms with Crippen molar-refractivity contribution in [2.45, 2.75) is 112 Å². The van der Waals surface area contributed by atoms with Gasteiger partial charge in [-0.25, -0.2) is 0 Å². The van der Waals surface area contributed by atoms with Crippen molar-refractivity contribution in [3.8, 4) is 0 Å². The lowest BCUT2D eigenvalue weighted by Gasteiger charge is -2.21. The van der Waals surface area contributed by atoms with Crippen LogP contribution in [0.15, 0.2) is 0 Å². The third kappa shape index (κ3) is 28.0. The van der Waals surface area contributed by atoms with Crippen molar-refractivity contribution in [2.75, 3.05) is 0 Å². The Labute approximate surface area is 155 Å². The molecule has 0 rings (SSSR count). The van der Waals surface area contributed by atoms with Crippen molar-refractivity contribution in [3.05, 3.63) is 0 Å². The van der Waals surface area contributed by atoms with E-state index in [1.165, 1.54) is 44.9 Å². The van der Waals surface area contributed by atoms with E-state index in [4.69, 9.17) is 10.2 Å². The molecule has 2 N–H and O–H groups in total. The smallest absolute Gasteiger partial charge is 0.303 e. The van der Waals surface area contributed by atoms with Crippen LogP contribution in [-0.2, 0) is 9.59 Å². The third-order valence-electron chi connectivity index (χ3n) is 3.98. The molecule has 25 heavy (non-hydrogen) atoms. The molecule has 1 unspecified atom stereocenters. The highest BCUT2D eigenvalue weighted by Gasteiger charge is 2.16. The molecular formula is C21H42O4. The van der Waals surface area contributed by atoms with Crippen LogP contribution in [0.4, 0.5) is 0 Å². The minimum Gasteiger partial charge on any atom is -0.481 e. The van der Waals surface area contributed by atoms with Crippen molar-refractivity contribution in [1.82, 2.24) is 0 Å². The van der Waals surface area contributed by atoms with Crippen LogP contribution in [0, 0.1) is 11.3 Å². The zero-order valence-corrected chi connectivity index (χ0v) is 17.3. The number of carboxylic acid groups (broad SMARTS) is 2. The maximum absolute atomic E-state index is 10.3. The van der Waals surface area contributed by atoms with Gasteiger partial charge >= 0.3 is 11.9 Å². The molecule has 0 radical (unpaired) electrons. The average Bonchev–Trinajstić information content (AvgIpc) is 2.43. The van der Waals surface area contributed by atoms with Crippen LogP contribution in [0.25, 0.3) is 0 Å². The first-order valence-corrected chi connectivity index (χ1v) is 10.0. The lowest BCUT2D eigenvalue weighted by molar-refractivity contribution is -0.138. The van der Waals surface area contributed by atoms with Gasteiger partial charge in [0.15, 0.2) is 0 Å². The van der Waals surface area contributed by atoms with Crippen LogP contribution in [-0.4, -0.2) is 22.2 Å². The van der Waals surface area contributed by atoms with Gasteiger partial charge in [0.25, 0.3) is 0 Å². The van der Waals surface area contributed by atoms with E-state index < -0.39 is 11.9 Å². The molecule has 0 aliphatic rings. The van der Waals surface area contributed by atoms with Gasteiger partial charge in [-0.15, -0.1) is 0 Å². The Morgan fingerprint density at radius 3 is 1.60 bits per heavy atom. The Morgan fingerprint density at radius 2 is 1.24 bits per heavy atom. The van der Waals surface area contributed by atoms with Crippen molar-refractivity contribution in [1.29, 1.82) is 0 Å². The fourth-order valence-corrected chi connectivity index (χ4v) is 3.00. The normalized spacial score (nSPS) is 12.2. The Balaban J connectivity index is 0. The van der Waals surface area contributed by atoms with Crippen molar-refractivity contribution in [2.24, 2.45) is 11.3 Å². The lowest BCUT2D eigenvalue weighted by Crippen LogP contribution is -2.13. The molecule has 0 bridgehead atoms. The van der Waals surface area contributed by atoms with E-state index in [9.17, 15) is 9.59 Å². The summed E-state index contributed by atoms with van der Waals surface area (Å²) in [6, 6.07) is 0. The predicted molar refractivity (Wildman–Crippen MR) is 105 cm³/mol. The highest BCUT2D eigenvalue weighted by atomic mass is 16.4. The average molecular weight is 359 g/mol. The third-order valence-corrected chi connectivity index (χ3v) is 3.98. The van der Waals surface area contributed by atoms with Crippen LogP contribution in [0.2, 0.25) is 0 Å². The van der Waals surface area contributed by atoms with Gasteiger partial charge in [0.05, 0.1) is 0 Å². The largest absolute Gasteiger partial charge is 0.481 e. The molecule has 4 nitrogen and oxygen atoms in total. The first kappa shape index (κ1) is 26.2. The number of carbonyl (C=O) groups is 2. The van der Waals surface area contributed by atoms with E-state index in [2.05, 4.69) is 27.7 Å². The molecule has 0 aromatic rings. The van der Waals surface area contributed by atoms with Gasteiger partial charge in [0.1, 0.15) is 0 Å². The first-order valence-electron chi connectivity index (χ1n) is 10.0. The second-order valence-electron chi connectivity index (χ2n) is 8.44. The van der Waals surface area contributed by atoms with Gasteiger partial charge in [-0.3, -0.25) is 9.59 Å². The Morgan fingerprint density at radius 1 is 0.800 bits per heavy atom. The summed E-state index contributed by atoms with van der Waals surface area (Å²) in [4.78, 5) is 20.5. The molecular weight excluding hydrogens is 316 g/mol. The number of hydrogen-bond donors (Lipinski definition) is 2. The summed E-state index contributed by atoms with van der Waals surface area (Å²) in [7, 11) is 0. The Kier molecular flexibility index (Phi) is 17.2. The number of unbranched alkanes of at least 4 members (excludes halogenated alkanes) is 8. The molecule has 1 atom stereocenters.